The summed E-state index contributed by atoms with van der Waals surface area (Å²) in [6.07, 6.45) is 3.46. The van der Waals surface area contributed by atoms with Gasteiger partial charge in [-0.25, -0.2) is 4.79 Å². The fraction of sp³-hybridized carbons (Fsp3) is 0.579. The molecule has 4 heteroatoms. The molecule has 0 spiro atoms. The van der Waals surface area contributed by atoms with Crippen molar-refractivity contribution in [2.24, 2.45) is 5.92 Å². The van der Waals surface area contributed by atoms with Crippen molar-refractivity contribution in [2.75, 3.05) is 7.11 Å². The lowest BCUT2D eigenvalue weighted by Gasteiger charge is -2.37. The van der Waals surface area contributed by atoms with Crippen LogP contribution >= 0.6 is 0 Å². The van der Waals surface area contributed by atoms with E-state index in [4.69, 9.17) is 4.74 Å². The lowest BCUT2D eigenvalue weighted by atomic mass is 9.77. The fourth-order valence-corrected chi connectivity index (χ4v) is 3.36. The molecule has 1 aliphatic rings. The van der Waals surface area contributed by atoms with E-state index in [2.05, 4.69) is 18.3 Å². The van der Waals surface area contributed by atoms with Gasteiger partial charge in [0.15, 0.2) is 0 Å². The Labute approximate surface area is 138 Å². The van der Waals surface area contributed by atoms with Crippen LogP contribution in [-0.4, -0.2) is 24.5 Å². The van der Waals surface area contributed by atoms with Crippen LogP contribution in [0.15, 0.2) is 18.2 Å². The van der Waals surface area contributed by atoms with E-state index in [1.54, 1.807) is 0 Å². The maximum Gasteiger partial charge on any atom is 0.331 e. The largest absolute Gasteiger partial charge is 0.467 e. The van der Waals surface area contributed by atoms with Crippen LogP contribution in [0, 0.1) is 19.8 Å². The Kier molecular flexibility index (Phi) is 5.45. The number of benzene rings is 1. The lowest BCUT2D eigenvalue weighted by molar-refractivity contribution is -0.153. The SMILES string of the molecule is COC(=O)C1(NC(=O)Cc2ccc(C)cc2C)CCC(C)CC1. The van der Waals surface area contributed by atoms with Crippen LogP contribution < -0.4 is 5.32 Å². The number of hydrogen-bond donors (Lipinski definition) is 1. The maximum absolute atomic E-state index is 12.5. The van der Waals surface area contributed by atoms with Crippen LogP contribution in [0.3, 0.4) is 0 Å². The molecule has 0 bridgehead atoms. The summed E-state index contributed by atoms with van der Waals surface area (Å²) in [5.41, 5.74) is 2.43. The predicted octanol–water partition coefficient (Wildman–Crippen LogP) is 3.08. The van der Waals surface area contributed by atoms with E-state index in [1.165, 1.54) is 12.7 Å². The van der Waals surface area contributed by atoms with Gasteiger partial charge in [-0.2, -0.15) is 0 Å². The van der Waals surface area contributed by atoms with E-state index in [0.29, 0.717) is 25.2 Å². The number of methoxy groups -OCH3 is 1. The van der Waals surface area contributed by atoms with Crippen LogP contribution in [0.1, 0.15) is 49.3 Å². The van der Waals surface area contributed by atoms with Crippen molar-refractivity contribution >= 4 is 11.9 Å². The van der Waals surface area contributed by atoms with Crippen LogP contribution in [0.25, 0.3) is 0 Å². The van der Waals surface area contributed by atoms with Crippen LogP contribution in [0.2, 0.25) is 0 Å². The molecule has 0 atom stereocenters. The number of hydrogen-bond acceptors (Lipinski definition) is 3. The summed E-state index contributed by atoms with van der Waals surface area (Å²) in [5, 5.41) is 2.98. The van der Waals surface area contributed by atoms with Gasteiger partial charge in [-0.3, -0.25) is 4.79 Å². The molecule has 0 heterocycles. The molecule has 0 saturated heterocycles. The van der Waals surface area contributed by atoms with Crippen LogP contribution in [-0.2, 0) is 20.7 Å². The summed E-state index contributed by atoms with van der Waals surface area (Å²) < 4.78 is 4.97. The molecule has 1 aromatic carbocycles. The number of carbonyl (C=O) groups excluding carboxylic acids is 2. The van der Waals surface area contributed by atoms with E-state index in [-0.39, 0.29) is 11.9 Å². The first kappa shape index (κ1) is 17.5. The van der Waals surface area contributed by atoms with Gasteiger partial charge in [0, 0.05) is 0 Å². The molecule has 0 aliphatic heterocycles. The number of esters is 1. The molecule has 126 valence electrons. The summed E-state index contributed by atoms with van der Waals surface area (Å²) in [5.74, 6) is 0.152. The van der Waals surface area contributed by atoms with E-state index in [9.17, 15) is 9.59 Å². The number of ether oxygens (including phenoxy) is 1. The minimum absolute atomic E-state index is 0.114. The van der Waals surface area contributed by atoms with Gasteiger partial charge in [0.05, 0.1) is 13.5 Å². The number of carbonyl (C=O) groups is 2. The van der Waals surface area contributed by atoms with Crippen molar-refractivity contribution in [3.8, 4) is 0 Å². The number of rotatable bonds is 4. The first-order valence-electron chi connectivity index (χ1n) is 8.32. The monoisotopic (exact) mass is 317 g/mol. The third-order valence-electron chi connectivity index (χ3n) is 4.93. The Morgan fingerprint density at radius 3 is 2.48 bits per heavy atom. The minimum Gasteiger partial charge on any atom is -0.467 e. The molecular weight excluding hydrogens is 290 g/mol. The fourth-order valence-electron chi connectivity index (χ4n) is 3.36. The highest BCUT2D eigenvalue weighted by molar-refractivity contribution is 5.89. The van der Waals surface area contributed by atoms with Crippen molar-refractivity contribution in [1.82, 2.24) is 5.32 Å². The van der Waals surface area contributed by atoms with E-state index < -0.39 is 5.54 Å². The molecule has 23 heavy (non-hydrogen) atoms. The highest BCUT2D eigenvalue weighted by Gasteiger charge is 2.43. The number of amides is 1. The molecule has 1 amide bonds. The van der Waals surface area contributed by atoms with Crippen molar-refractivity contribution in [3.05, 3.63) is 34.9 Å². The van der Waals surface area contributed by atoms with Gasteiger partial charge in [-0.15, -0.1) is 0 Å². The van der Waals surface area contributed by atoms with E-state index >= 15 is 0 Å². The molecule has 0 radical (unpaired) electrons. The molecule has 2 rings (SSSR count). The summed E-state index contributed by atoms with van der Waals surface area (Å²) >= 11 is 0. The summed E-state index contributed by atoms with van der Waals surface area (Å²) in [4.78, 5) is 24.8. The van der Waals surface area contributed by atoms with Gasteiger partial charge in [-0.1, -0.05) is 30.7 Å². The number of nitrogens with one attached hydrogen (secondary N) is 1. The second-order valence-corrected chi connectivity index (χ2v) is 6.91. The molecule has 4 nitrogen and oxygen atoms in total. The molecule has 1 N–H and O–H groups in total. The first-order valence-corrected chi connectivity index (χ1v) is 8.32. The van der Waals surface area contributed by atoms with Gasteiger partial charge in [0.1, 0.15) is 5.54 Å². The van der Waals surface area contributed by atoms with Gasteiger partial charge in [0.2, 0.25) is 5.91 Å². The van der Waals surface area contributed by atoms with Gasteiger partial charge >= 0.3 is 5.97 Å². The maximum atomic E-state index is 12.5. The standard InChI is InChI=1S/C19H27NO3/c1-13-7-9-19(10-8-13,18(22)23-4)20-17(21)12-16-6-5-14(2)11-15(16)3/h5-6,11,13H,7-10,12H2,1-4H3,(H,20,21). The molecule has 1 saturated carbocycles. The Hall–Kier alpha value is -1.84. The molecule has 0 unspecified atom stereocenters. The Morgan fingerprint density at radius 1 is 1.26 bits per heavy atom. The quantitative estimate of drug-likeness (QED) is 0.868. The lowest BCUT2D eigenvalue weighted by Crippen LogP contribution is -2.57. The number of aryl methyl sites for hydroxylation is 2. The molecule has 1 aromatic rings. The Bertz CT molecular complexity index is 586. The second kappa shape index (κ2) is 7.16. The van der Waals surface area contributed by atoms with E-state index in [0.717, 1.165) is 24.0 Å². The van der Waals surface area contributed by atoms with Crippen molar-refractivity contribution < 1.29 is 14.3 Å². The molecule has 1 fully saturated rings. The summed E-state index contributed by atoms with van der Waals surface area (Å²) in [6, 6.07) is 6.06. The summed E-state index contributed by atoms with van der Waals surface area (Å²) in [7, 11) is 1.39. The normalized spacial score (nSPS) is 24.1. The average molecular weight is 317 g/mol. The zero-order valence-corrected chi connectivity index (χ0v) is 14.6. The van der Waals surface area contributed by atoms with Crippen molar-refractivity contribution in [2.45, 2.75) is 58.4 Å². The zero-order chi connectivity index (χ0) is 17.0. The molecule has 0 aromatic heterocycles. The highest BCUT2D eigenvalue weighted by atomic mass is 16.5. The first-order chi connectivity index (χ1) is 10.9. The second-order valence-electron chi connectivity index (χ2n) is 6.91. The smallest absolute Gasteiger partial charge is 0.331 e. The molecular formula is C19H27NO3. The third kappa shape index (κ3) is 4.12. The highest BCUT2D eigenvalue weighted by Crippen LogP contribution is 2.33. The van der Waals surface area contributed by atoms with Gasteiger partial charge in [0.25, 0.3) is 0 Å². The van der Waals surface area contributed by atoms with Gasteiger partial charge < -0.3 is 10.1 Å². The topological polar surface area (TPSA) is 55.4 Å². The van der Waals surface area contributed by atoms with E-state index in [1.807, 2.05) is 26.0 Å². The molecule has 1 aliphatic carbocycles. The predicted molar refractivity (Wildman–Crippen MR) is 90.1 cm³/mol. The third-order valence-corrected chi connectivity index (χ3v) is 4.93. The summed E-state index contributed by atoms with van der Waals surface area (Å²) in [6.45, 7) is 6.22. The van der Waals surface area contributed by atoms with Gasteiger partial charge in [-0.05, 0) is 56.6 Å². The minimum atomic E-state index is -0.850. The van der Waals surface area contributed by atoms with Crippen molar-refractivity contribution in [3.63, 3.8) is 0 Å². The Morgan fingerprint density at radius 2 is 1.91 bits per heavy atom. The average Bonchev–Trinajstić information content (AvgIpc) is 2.52. The van der Waals surface area contributed by atoms with Crippen LogP contribution in [0.4, 0.5) is 0 Å². The van der Waals surface area contributed by atoms with Crippen LogP contribution in [0.5, 0.6) is 0 Å². The Balaban J connectivity index is 2.10. The van der Waals surface area contributed by atoms with Crippen molar-refractivity contribution in [1.29, 1.82) is 0 Å². The zero-order valence-electron chi connectivity index (χ0n) is 14.6.